The number of nitrogens with two attached hydrogens (primary N) is 1. The second kappa shape index (κ2) is 5.29. The maximum atomic E-state index is 11.7. The quantitative estimate of drug-likeness (QED) is 0.718. The van der Waals surface area contributed by atoms with Crippen molar-refractivity contribution >= 4 is 23.1 Å². The molecule has 0 radical (unpaired) electrons. The van der Waals surface area contributed by atoms with E-state index >= 15 is 0 Å². The Hall–Kier alpha value is -0.640. The lowest BCUT2D eigenvalue weighted by Gasteiger charge is -2.30. The minimum Gasteiger partial charge on any atom is -0.393 e. The van der Waals surface area contributed by atoms with Crippen molar-refractivity contribution in [2.45, 2.75) is 32.6 Å². The van der Waals surface area contributed by atoms with Gasteiger partial charge in [-0.3, -0.25) is 4.79 Å². The van der Waals surface area contributed by atoms with Crippen LogP contribution in [-0.2, 0) is 4.79 Å². The van der Waals surface area contributed by atoms with Gasteiger partial charge in [-0.25, -0.2) is 0 Å². The molecule has 1 atom stereocenters. The molecule has 1 aliphatic heterocycles. The normalized spacial score (nSPS) is 22.5. The van der Waals surface area contributed by atoms with Crippen molar-refractivity contribution in [2.24, 2.45) is 11.7 Å². The van der Waals surface area contributed by atoms with Crippen LogP contribution in [0.5, 0.6) is 0 Å². The van der Waals surface area contributed by atoms with E-state index in [1.54, 1.807) is 0 Å². The standard InChI is InChI=1S/C10H18N2OS/c1-8-4-2-6-12(10(8)13)7-3-5-9(11)14/h8H,2-7H2,1H3,(H2,11,14). The van der Waals surface area contributed by atoms with Crippen molar-refractivity contribution in [1.29, 1.82) is 0 Å². The van der Waals surface area contributed by atoms with Gasteiger partial charge in [-0.05, 0) is 25.7 Å². The predicted octanol–water partition coefficient (Wildman–Crippen LogP) is 1.31. The summed E-state index contributed by atoms with van der Waals surface area (Å²) >= 11 is 4.79. The first-order valence-corrected chi connectivity index (χ1v) is 5.59. The van der Waals surface area contributed by atoms with Crippen LogP contribution in [-0.4, -0.2) is 28.9 Å². The van der Waals surface area contributed by atoms with Crippen molar-refractivity contribution in [3.63, 3.8) is 0 Å². The predicted molar refractivity (Wildman–Crippen MR) is 61.0 cm³/mol. The molecular weight excluding hydrogens is 196 g/mol. The molecule has 2 N–H and O–H groups in total. The summed E-state index contributed by atoms with van der Waals surface area (Å²) in [6, 6.07) is 0. The summed E-state index contributed by atoms with van der Waals surface area (Å²) in [4.78, 5) is 14.1. The molecule has 0 aromatic carbocycles. The van der Waals surface area contributed by atoms with E-state index in [2.05, 4.69) is 0 Å². The van der Waals surface area contributed by atoms with Gasteiger partial charge in [0.15, 0.2) is 0 Å². The minimum atomic E-state index is 0.202. The van der Waals surface area contributed by atoms with Gasteiger partial charge in [0.2, 0.25) is 5.91 Å². The van der Waals surface area contributed by atoms with Crippen LogP contribution in [0.2, 0.25) is 0 Å². The summed E-state index contributed by atoms with van der Waals surface area (Å²) in [7, 11) is 0. The fourth-order valence-corrected chi connectivity index (χ4v) is 1.94. The lowest BCUT2D eigenvalue weighted by molar-refractivity contribution is -0.137. The van der Waals surface area contributed by atoms with Crippen LogP contribution >= 0.6 is 12.2 Å². The van der Waals surface area contributed by atoms with Crippen molar-refractivity contribution in [3.8, 4) is 0 Å². The summed E-state index contributed by atoms with van der Waals surface area (Å²) in [5.41, 5.74) is 5.40. The van der Waals surface area contributed by atoms with E-state index in [1.165, 1.54) is 0 Å². The molecule has 1 heterocycles. The van der Waals surface area contributed by atoms with E-state index in [4.69, 9.17) is 18.0 Å². The van der Waals surface area contributed by atoms with Crippen LogP contribution in [0, 0.1) is 5.92 Å². The fraction of sp³-hybridized carbons (Fsp3) is 0.800. The summed E-state index contributed by atoms with van der Waals surface area (Å²) in [5.74, 6) is 0.493. The average Bonchev–Trinajstić information content (AvgIpc) is 2.12. The average molecular weight is 214 g/mol. The molecule has 0 bridgehead atoms. The maximum absolute atomic E-state index is 11.7. The van der Waals surface area contributed by atoms with Crippen molar-refractivity contribution in [3.05, 3.63) is 0 Å². The molecular formula is C10H18N2OS. The number of rotatable bonds is 4. The molecule has 80 valence electrons. The molecule has 14 heavy (non-hydrogen) atoms. The SMILES string of the molecule is CC1CCCN(CCCC(N)=S)C1=O. The molecule has 0 saturated carbocycles. The highest BCUT2D eigenvalue weighted by Gasteiger charge is 2.24. The second-order valence-corrected chi connectivity index (χ2v) is 4.46. The fourth-order valence-electron chi connectivity index (χ4n) is 1.80. The van der Waals surface area contributed by atoms with Gasteiger partial charge >= 0.3 is 0 Å². The third kappa shape index (κ3) is 3.25. The third-order valence-electron chi connectivity index (χ3n) is 2.65. The first-order chi connectivity index (χ1) is 6.61. The monoisotopic (exact) mass is 214 g/mol. The molecule has 1 amide bonds. The van der Waals surface area contributed by atoms with Gasteiger partial charge in [-0.1, -0.05) is 19.1 Å². The molecule has 0 spiro atoms. The van der Waals surface area contributed by atoms with Gasteiger partial charge in [0.05, 0.1) is 4.99 Å². The lowest BCUT2D eigenvalue weighted by Crippen LogP contribution is -2.40. The largest absolute Gasteiger partial charge is 0.393 e. The molecule has 1 unspecified atom stereocenters. The van der Waals surface area contributed by atoms with Crippen molar-refractivity contribution < 1.29 is 4.79 Å². The molecule has 1 saturated heterocycles. The van der Waals surface area contributed by atoms with E-state index in [0.29, 0.717) is 10.9 Å². The van der Waals surface area contributed by atoms with Crippen LogP contribution < -0.4 is 5.73 Å². The van der Waals surface area contributed by atoms with Crippen LogP contribution in [0.15, 0.2) is 0 Å². The molecule has 4 heteroatoms. The van der Waals surface area contributed by atoms with E-state index in [0.717, 1.165) is 38.8 Å². The summed E-state index contributed by atoms with van der Waals surface area (Å²) in [6.07, 6.45) is 3.80. The number of carbonyl (C=O) groups excluding carboxylic acids is 1. The third-order valence-corrected chi connectivity index (χ3v) is 2.85. The molecule has 1 rings (SSSR count). The van der Waals surface area contributed by atoms with E-state index in [9.17, 15) is 4.79 Å². The Labute approximate surface area is 90.6 Å². The van der Waals surface area contributed by atoms with Gasteiger partial charge in [0, 0.05) is 19.0 Å². The molecule has 0 aromatic heterocycles. The highest BCUT2D eigenvalue weighted by atomic mass is 32.1. The van der Waals surface area contributed by atoms with Gasteiger partial charge in [0.1, 0.15) is 0 Å². The van der Waals surface area contributed by atoms with Crippen LogP contribution in [0.1, 0.15) is 32.6 Å². The zero-order valence-corrected chi connectivity index (χ0v) is 9.48. The Bertz CT molecular complexity index is 230. The summed E-state index contributed by atoms with van der Waals surface area (Å²) < 4.78 is 0. The number of nitrogens with zero attached hydrogens (tertiary/aromatic N) is 1. The first kappa shape index (κ1) is 11.4. The van der Waals surface area contributed by atoms with Crippen molar-refractivity contribution in [1.82, 2.24) is 4.90 Å². The number of piperidine rings is 1. The van der Waals surface area contributed by atoms with Crippen LogP contribution in [0.25, 0.3) is 0 Å². The topological polar surface area (TPSA) is 46.3 Å². The van der Waals surface area contributed by atoms with Gasteiger partial charge in [-0.15, -0.1) is 0 Å². The molecule has 0 aliphatic carbocycles. The molecule has 0 aromatic rings. The maximum Gasteiger partial charge on any atom is 0.225 e. The zero-order valence-electron chi connectivity index (χ0n) is 8.66. The minimum absolute atomic E-state index is 0.202. The summed E-state index contributed by atoms with van der Waals surface area (Å²) in [5, 5.41) is 0. The zero-order chi connectivity index (χ0) is 10.6. The molecule has 3 nitrogen and oxygen atoms in total. The van der Waals surface area contributed by atoms with Crippen LogP contribution in [0.4, 0.5) is 0 Å². The molecule has 1 aliphatic rings. The lowest BCUT2D eigenvalue weighted by atomic mass is 9.99. The molecule has 1 fully saturated rings. The first-order valence-electron chi connectivity index (χ1n) is 5.18. The number of hydrogen-bond acceptors (Lipinski definition) is 2. The van der Waals surface area contributed by atoms with E-state index in [-0.39, 0.29) is 5.92 Å². The highest BCUT2D eigenvalue weighted by Crippen LogP contribution is 2.17. The van der Waals surface area contributed by atoms with Gasteiger partial charge < -0.3 is 10.6 Å². The Morgan fingerprint density at radius 1 is 1.71 bits per heavy atom. The Morgan fingerprint density at radius 2 is 2.43 bits per heavy atom. The van der Waals surface area contributed by atoms with Crippen LogP contribution in [0.3, 0.4) is 0 Å². The highest BCUT2D eigenvalue weighted by molar-refractivity contribution is 7.80. The number of carbonyl (C=O) groups is 1. The second-order valence-electron chi connectivity index (χ2n) is 3.94. The number of hydrogen-bond donors (Lipinski definition) is 1. The summed E-state index contributed by atoms with van der Waals surface area (Å²) in [6.45, 7) is 3.71. The number of thiocarbonyl (C=S) groups is 1. The van der Waals surface area contributed by atoms with E-state index < -0.39 is 0 Å². The Morgan fingerprint density at radius 3 is 3.07 bits per heavy atom. The van der Waals surface area contributed by atoms with E-state index in [1.807, 2.05) is 11.8 Å². The van der Waals surface area contributed by atoms with Gasteiger partial charge in [0.25, 0.3) is 0 Å². The smallest absolute Gasteiger partial charge is 0.225 e. The Balaban J connectivity index is 2.29. The number of amides is 1. The Kier molecular flexibility index (Phi) is 4.32. The van der Waals surface area contributed by atoms with Gasteiger partial charge in [-0.2, -0.15) is 0 Å². The van der Waals surface area contributed by atoms with Crippen molar-refractivity contribution in [2.75, 3.05) is 13.1 Å². The number of likely N-dealkylation sites (tertiary alicyclic amines) is 1.